The van der Waals surface area contributed by atoms with Gasteiger partial charge in [-0.15, -0.1) is 0 Å². The lowest BCUT2D eigenvalue weighted by atomic mass is 10.1. The SMILES string of the molecule is COc1cc2ncnc(Nc3ccc(Br)cc3F)c2cc1NC(=O)/C(F)=C/CN(C)C. The molecule has 0 aliphatic carbocycles. The van der Waals surface area contributed by atoms with Crippen molar-refractivity contribution in [3.8, 4) is 5.75 Å². The Kier molecular flexibility index (Phi) is 7.13. The molecule has 10 heteroatoms. The zero-order valence-electron chi connectivity index (χ0n) is 17.0. The molecule has 0 aliphatic rings. The highest BCUT2D eigenvalue weighted by Crippen LogP contribution is 2.34. The topological polar surface area (TPSA) is 79.4 Å². The summed E-state index contributed by atoms with van der Waals surface area (Å²) in [4.78, 5) is 22.4. The number of nitrogens with zero attached hydrogens (tertiary/aromatic N) is 3. The third kappa shape index (κ3) is 5.53. The van der Waals surface area contributed by atoms with Crippen LogP contribution < -0.4 is 15.4 Å². The third-order valence-electron chi connectivity index (χ3n) is 4.24. The number of carbonyl (C=O) groups excluding carboxylic acids is 1. The number of fused-ring (bicyclic) bond motifs is 1. The maximum absolute atomic E-state index is 14.3. The van der Waals surface area contributed by atoms with Gasteiger partial charge in [-0.25, -0.2) is 18.7 Å². The number of likely N-dealkylation sites (N-methyl/N-ethyl adjacent to an activating group) is 1. The van der Waals surface area contributed by atoms with Crippen molar-refractivity contribution in [3.05, 3.63) is 58.9 Å². The predicted molar refractivity (Wildman–Crippen MR) is 120 cm³/mol. The van der Waals surface area contributed by atoms with Crippen LogP contribution in [0, 0.1) is 5.82 Å². The van der Waals surface area contributed by atoms with Crippen LogP contribution in [0.2, 0.25) is 0 Å². The van der Waals surface area contributed by atoms with Crippen molar-refractivity contribution in [2.45, 2.75) is 0 Å². The van der Waals surface area contributed by atoms with E-state index in [9.17, 15) is 13.6 Å². The quantitative estimate of drug-likeness (QED) is 0.468. The van der Waals surface area contributed by atoms with Crippen LogP contribution in [0.5, 0.6) is 5.75 Å². The van der Waals surface area contributed by atoms with E-state index >= 15 is 0 Å². The number of aromatic nitrogens is 2. The number of halogens is 3. The highest BCUT2D eigenvalue weighted by Gasteiger charge is 2.16. The minimum Gasteiger partial charge on any atom is -0.494 e. The maximum Gasteiger partial charge on any atom is 0.284 e. The number of carbonyl (C=O) groups is 1. The predicted octanol–water partition coefficient (Wildman–Crippen LogP) is 4.64. The van der Waals surface area contributed by atoms with E-state index in [0.29, 0.717) is 26.9 Å². The minimum absolute atomic E-state index is 0.210. The van der Waals surface area contributed by atoms with E-state index in [2.05, 4.69) is 36.5 Å². The zero-order chi connectivity index (χ0) is 22.5. The normalized spacial score (nSPS) is 11.6. The van der Waals surface area contributed by atoms with Crippen LogP contribution >= 0.6 is 15.9 Å². The van der Waals surface area contributed by atoms with E-state index in [1.807, 2.05) is 0 Å². The molecule has 2 N–H and O–H groups in total. The lowest BCUT2D eigenvalue weighted by molar-refractivity contribution is -0.114. The van der Waals surface area contributed by atoms with Gasteiger partial charge in [0.2, 0.25) is 0 Å². The Hall–Kier alpha value is -3.11. The molecule has 0 spiro atoms. The van der Waals surface area contributed by atoms with Gasteiger partial charge in [-0.3, -0.25) is 4.79 Å². The lowest BCUT2D eigenvalue weighted by Gasteiger charge is -2.14. The summed E-state index contributed by atoms with van der Waals surface area (Å²) in [6.45, 7) is 0.273. The summed E-state index contributed by atoms with van der Waals surface area (Å²) in [5, 5.41) is 5.91. The van der Waals surface area contributed by atoms with E-state index in [1.54, 1.807) is 43.3 Å². The minimum atomic E-state index is -0.921. The number of ether oxygens (including phenoxy) is 1. The van der Waals surface area contributed by atoms with Gasteiger partial charge < -0.3 is 20.3 Å². The number of hydrogen-bond donors (Lipinski definition) is 2. The molecule has 7 nitrogen and oxygen atoms in total. The number of methoxy groups -OCH3 is 1. The second-order valence-corrected chi connectivity index (χ2v) is 7.73. The molecule has 1 amide bonds. The summed E-state index contributed by atoms with van der Waals surface area (Å²) in [6, 6.07) is 7.70. The molecule has 162 valence electrons. The zero-order valence-corrected chi connectivity index (χ0v) is 18.6. The van der Waals surface area contributed by atoms with Crippen LogP contribution in [0.25, 0.3) is 10.9 Å². The van der Waals surface area contributed by atoms with E-state index < -0.39 is 17.6 Å². The van der Waals surface area contributed by atoms with Gasteiger partial charge in [-0.2, -0.15) is 0 Å². The summed E-state index contributed by atoms with van der Waals surface area (Å²) in [5.41, 5.74) is 0.929. The Balaban J connectivity index is 1.98. The molecule has 0 radical (unpaired) electrons. The molecule has 0 fully saturated rings. The molecule has 3 rings (SSSR count). The second-order valence-electron chi connectivity index (χ2n) is 6.81. The van der Waals surface area contributed by atoms with Crippen molar-refractivity contribution >= 4 is 49.9 Å². The van der Waals surface area contributed by atoms with Gasteiger partial charge in [-0.05, 0) is 44.4 Å². The average molecular weight is 492 g/mol. The third-order valence-corrected chi connectivity index (χ3v) is 4.73. The van der Waals surface area contributed by atoms with E-state index in [1.165, 1.54) is 25.6 Å². The largest absolute Gasteiger partial charge is 0.494 e. The van der Waals surface area contributed by atoms with Gasteiger partial charge in [0.05, 0.1) is 24.0 Å². The molecule has 0 atom stereocenters. The standard InChI is InChI=1S/C21H20BrF2N5O2/c1-29(2)7-6-14(23)21(30)28-18-9-13-17(10-19(18)31-3)25-11-26-20(13)27-16-5-4-12(22)8-15(16)24/h4-6,8-11H,7H2,1-3H3,(H,28,30)(H,25,26,27)/b14-6-. The van der Waals surface area contributed by atoms with Crippen LogP contribution in [-0.4, -0.2) is 48.5 Å². The summed E-state index contributed by atoms with van der Waals surface area (Å²) >= 11 is 3.21. The Bertz CT molecular complexity index is 1150. The van der Waals surface area contributed by atoms with Gasteiger partial charge in [0, 0.05) is 22.5 Å². The first-order valence-corrected chi connectivity index (χ1v) is 9.94. The molecule has 31 heavy (non-hydrogen) atoms. The number of nitrogens with one attached hydrogen (secondary N) is 2. The number of anilines is 3. The molecular formula is C21H20BrF2N5O2. The lowest BCUT2D eigenvalue weighted by Crippen LogP contribution is -2.16. The fraction of sp³-hybridized carbons (Fsp3) is 0.190. The van der Waals surface area contributed by atoms with Crippen molar-refractivity contribution in [3.63, 3.8) is 0 Å². The first-order valence-electron chi connectivity index (χ1n) is 9.15. The first kappa shape index (κ1) is 22.6. The van der Waals surface area contributed by atoms with Crippen LogP contribution in [0.15, 0.2) is 53.0 Å². The molecule has 0 saturated heterocycles. The van der Waals surface area contributed by atoms with Crippen molar-refractivity contribution in [2.75, 3.05) is 38.4 Å². The molecule has 1 aromatic heterocycles. The molecule has 2 aromatic carbocycles. The van der Waals surface area contributed by atoms with Crippen LogP contribution in [0.3, 0.4) is 0 Å². The molecular weight excluding hydrogens is 472 g/mol. The van der Waals surface area contributed by atoms with Crippen molar-refractivity contribution in [2.24, 2.45) is 0 Å². The van der Waals surface area contributed by atoms with Gasteiger partial charge in [0.1, 0.15) is 23.7 Å². The summed E-state index contributed by atoms with van der Waals surface area (Å²) in [7, 11) is 4.94. The molecule has 1 heterocycles. The second kappa shape index (κ2) is 9.80. The van der Waals surface area contributed by atoms with Gasteiger partial charge in [-0.1, -0.05) is 15.9 Å². The fourth-order valence-corrected chi connectivity index (χ4v) is 3.04. The van der Waals surface area contributed by atoms with Crippen LogP contribution in [0.1, 0.15) is 0 Å². The van der Waals surface area contributed by atoms with Crippen LogP contribution in [-0.2, 0) is 4.79 Å². The van der Waals surface area contributed by atoms with Crippen molar-refractivity contribution in [1.82, 2.24) is 14.9 Å². The molecule has 0 saturated carbocycles. The summed E-state index contributed by atoms with van der Waals surface area (Å²) in [5.74, 6) is -1.70. The Morgan fingerprint density at radius 1 is 1.23 bits per heavy atom. The number of benzene rings is 2. The highest BCUT2D eigenvalue weighted by molar-refractivity contribution is 9.10. The molecule has 0 bridgehead atoms. The van der Waals surface area contributed by atoms with Crippen LogP contribution in [0.4, 0.5) is 26.0 Å². The molecule has 0 unspecified atom stereocenters. The Morgan fingerprint density at radius 2 is 2.00 bits per heavy atom. The first-order chi connectivity index (χ1) is 14.8. The fourth-order valence-electron chi connectivity index (χ4n) is 2.71. The monoisotopic (exact) mass is 491 g/mol. The van der Waals surface area contributed by atoms with E-state index in [0.717, 1.165) is 0 Å². The number of hydrogen-bond acceptors (Lipinski definition) is 6. The van der Waals surface area contributed by atoms with Gasteiger partial charge in [0.25, 0.3) is 5.91 Å². The Morgan fingerprint density at radius 3 is 2.68 bits per heavy atom. The smallest absolute Gasteiger partial charge is 0.284 e. The highest BCUT2D eigenvalue weighted by atomic mass is 79.9. The van der Waals surface area contributed by atoms with Gasteiger partial charge >= 0.3 is 0 Å². The van der Waals surface area contributed by atoms with E-state index in [-0.39, 0.29) is 17.9 Å². The van der Waals surface area contributed by atoms with E-state index in [4.69, 9.17) is 4.74 Å². The number of amides is 1. The average Bonchev–Trinajstić information content (AvgIpc) is 2.73. The van der Waals surface area contributed by atoms with Gasteiger partial charge in [0.15, 0.2) is 5.83 Å². The summed E-state index contributed by atoms with van der Waals surface area (Å²) < 4.78 is 34.3. The summed E-state index contributed by atoms with van der Waals surface area (Å²) in [6.07, 6.45) is 2.50. The van der Waals surface area contributed by atoms with Crippen molar-refractivity contribution < 1.29 is 18.3 Å². The Labute approximate surface area is 186 Å². The molecule has 0 aliphatic heterocycles. The molecule has 3 aromatic rings. The van der Waals surface area contributed by atoms with Crippen molar-refractivity contribution in [1.29, 1.82) is 0 Å². The maximum atomic E-state index is 14.3. The number of rotatable bonds is 7.